The Morgan fingerprint density at radius 1 is 0.594 bits per heavy atom. The summed E-state index contributed by atoms with van der Waals surface area (Å²) in [5.74, 6) is -1.33. The Morgan fingerprint density at radius 3 is 1.39 bits per heavy atom. The summed E-state index contributed by atoms with van der Waals surface area (Å²) in [4.78, 5) is 93.7. The minimum Gasteiger partial charge on any atom is -0.477 e. The molecule has 0 unspecified atom stereocenters. The number of nitrogens with zero attached hydrogens (tertiary/aromatic N) is 6. The number of amides is 4. The fraction of sp³-hybridized carbons (Fsp3) is 0.208. The molecule has 0 saturated heterocycles. The van der Waals surface area contributed by atoms with Crippen LogP contribution in [0.2, 0.25) is 0 Å². The first-order chi connectivity index (χ1) is 30.9. The molecule has 64 heavy (non-hydrogen) atoms. The van der Waals surface area contributed by atoms with Crippen LogP contribution in [0.5, 0.6) is 0 Å². The van der Waals surface area contributed by atoms with Crippen molar-refractivity contribution >= 4 is 58.6 Å². The lowest BCUT2D eigenvalue weighted by Crippen LogP contribution is -2.31. The topological polar surface area (TPSA) is 214 Å². The van der Waals surface area contributed by atoms with Crippen LogP contribution in [0.25, 0.3) is 0 Å². The quantitative estimate of drug-likeness (QED) is 0.0679. The average Bonchev–Trinajstić information content (AvgIpc) is 3.67. The van der Waals surface area contributed by atoms with Crippen molar-refractivity contribution in [2.24, 2.45) is 0 Å². The molecule has 3 N–H and O–H groups in total. The zero-order valence-electron chi connectivity index (χ0n) is 35.3. The molecule has 0 fully saturated rings. The molecule has 6 aromatic rings. The second-order valence-electron chi connectivity index (χ2n) is 14.9. The Kier molecular flexibility index (Phi) is 13.5. The number of carboxylic acid groups (broad SMARTS) is 1. The number of aromatic carboxylic acids is 1. The molecule has 0 aliphatic carbocycles. The van der Waals surface area contributed by atoms with Crippen molar-refractivity contribution in [1.82, 2.24) is 29.7 Å². The summed E-state index contributed by atoms with van der Waals surface area (Å²) in [6, 6.07) is 28.8. The molecule has 0 bridgehead atoms. The van der Waals surface area contributed by atoms with Gasteiger partial charge in [0.15, 0.2) is 0 Å². The molecular weight excluding hydrogens is 817 g/mol. The number of imide groups is 2. The van der Waals surface area contributed by atoms with Gasteiger partial charge < -0.3 is 20.5 Å². The van der Waals surface area contributed by atoms with E-state index < -0.39 is 11.9 Å². The molecular formula is C48H44N8O8. The summed E-state index contributed by atoms with van der Waals surface area (Å²) in [5.41, 5.74) is 5.50. The summed E-state index contributed by atoms with van der Waals surface area (Å²) >= 11 is 0. The van der Waals surface area contributed by atoms with E-state index in [0.717, 1.165) is 22.5 Å². The summed E-state index contributed by atoms with van der Waals surface area (Å²) in [5, 5.41) is 15.7. The lowest BCUT2D eigenvalue weighted by atomic mass is 10.1. The van der Waals surface area contributed by atoms with Crippen LogP contribution in [0.3, 0.4) is 0 Å². The molecule has 0 atom stereocenters. The van der Waals surface area contributed by atoms with Crippen LogP contribution in [0.1, 0.15) is 105 Å². The largest absolute Gasteiger partial charge is 0.477 e. The lowest BCUT2D eigenvalue weighted by Gasteiger charge is -2.14. The summed E-state index contributed by atoms with van der Waals surface area (Å²) in [7, 11) is 0. The standard InChI is InChI=1S/C25H24N4O4.C23H20N4O4/c1-3-33-25(32)20-15-26-21(28-22(20)27-17-9-6-8-16(2)14-17)12-7-13-29-23(30)18-10-4-5-11-19(18)24(29)31;1-14-6-4-7-15(12-14)25-20-18(23(30)31)13-24-19(26-20)10-5-11-27-21(28)16-8-2-3-9-17(16)22(27)29/h4-6,8-11,14-15H,3,7,12-13H2,1-2H3,(H,26,27,28);2-4,6-9,12-13H,5,10-11H2,1H3,(H,30,31)(H,24,25,26). The summed E-state index contributed by atoms with van der Waals surface area (Å²) < 4.78 is 5.13. The lowest BCUT2D eigenvalue weighted by molar-refractivity contribution is 0.0524. The van der Waals surface area contributed by atoms with Crippen LogP contribution in [-0.2, 0) is 17.6 Å². The molecule has 4 aromatic carbocycles. The normalized spacial score (nSPS) is 12.7. The van der Waals surface area contributed by atoms with E-state index in [0.29, 0.717) is 65.4 Å². The number of esters is 1. The van der Waals surface area contributed by atoms with Crippen molar-refractivity contribution in [3.8, 4) is 0 Å². The van der Waals surface area contributed by atoms with E-state index in [1.54, 1.807) is 55.5 Å². The van der Waals surface area contributed by atoms with Crippen LogP contribution >= 0.6 is 0 Å². The van der Waals surface area contributed by atoms with Crippen molar-refractivity contribution in [3.05, 3.63) is 166 Å². The number of fused-ring (bicyclic) bond motifs is 2. The van der Waals surface area contributed by atoms with Gasteiger partial charge in [0.1, 0.15) is 34.4 Å². The molecule has 16 nitrogen and oxygen atoms in total. The number of carboxylic acids is 1. The molecule has 16 heteroatoms. The third-order valence-corrected chi connectivity index (χ3v) is 10.3. The van der Waals surface area contributed by atoms with E-state index in [4.69, 9.17) is 4.74 Å². The van der Waals surface area contributed by atoms with Crippen LogP contribution in [0, 0.1) is 13.8 Å². The SMILES string of the molecule is CCOC(=O)c1cnc(CCCN2C(=O)c3ccccc3C2=O)nc1Nc1cccc(C)c1.Cc1cccc(Nc2nc(CCCN3C(=O)c4ccccc4C3=O)ncc2C(=O)O)c1. The number of anilines is 4. The Labute approximate surface area is 368 Å². The number of benzene rings is 4. The third-order valence-electron chi connectivity index (χ3n) is 10.3. The van der Waals surface area contributed by atoms with Crippen LogP contribution < -0.4 is 10.6 Å². The van der Waals surface area contributed by atoms with Crippen molar-refractivity contribution in [1.29, 1.82) is 0 Å². The predicted molar refractivity (Wildman–Crippen MR) is 236 cm³/mol. The zero-order chi connectivity index (χ0) is 45.3. The number of carbonyl (C=O) groups excluding carboxylic acids is 5. The highest BCUT2D eigenvalue weighted by molar-refractivity contribution is 6.22. The van der Waals surface area contributed by atoms with Gasteiger partial charge >= 0.3 is 11.9 Å². The molecule has 4 heterocycles. The highest BCUT2D eigenvalue weighted by Crippen LogP contribution is 2.26. The zero-order valence-corrected chi connectivity index (χ0v) is 35.3. The molecule has 0 spiro atoms. The first kappa shape index (κ1) is 43.9. The molecule has 2 aliphatic heterocycles. The van der Waals surface area contributed by atoms with Gasteiger partial charge in [0, 0.05) is 49.7 Å². The van der Waals surface area contributed by atoms with Gasteiger partial charge in [0.25, 0.3) is 23.6 Å². The minimum absolute atomic E-state index is 0.0365. The number of ether oxygens (including phenoxy) is 1. The van der Waals surface area contributed by atoms with Crippen LogP contribution in [-0.4, -0.2) is 90.1 Å². The number of nitrogens with one attached hydrogen (secondary N) is 2. The molecule has 4 amide bonds. The van der Waals surface area contributed by atoms with Crippen LogP contribution in [0.4, 0.5) is 23.0 Å². The smallest absolute Gasteiger partial charge is 0.343 e. The maximum atomic E-state index is 12.5. The number of rotatable bonds is 15. The monoisotopic (exact) mass is 860 g/mol. The van der Waals surface area contributed by atoms with Gasteiger partial charge in [0.2, 0.25) is 0 Å². The van der Waals surface area contributed by atoms with Gasteiger partial charge in [-0.1, -0.05) is 48.5 Å². The molecule has 324 valence electrons. The number of aromatic nitrogens is 4. The molecule has 0 saturated carbocycles. The molecule has 0 radical (unpaired) electrons. The highest BCUT2D eigenvalue weighted by Gasteiger charge is 2.35. The maximum absolute atomic E-state index is 12.5. The predicted octanol–water partition coefficient (Wildman–Crippen LogP) is 7.39. The average molecular weight is 861 g/mol. The first-order valence-corrected chi connectivity index (χ1v) is 20.6. The third kappa shape index (κ3) is 9.97. The van der Waals surface area contributed by atoms with Crippen molar-refractivity contribution in [2.45, 2.75) is 46.5 Å². The van der Waals surface area contributed by atoms with E-state index >= 15 is 0 Å². The summed E-state index contributed by atoms with van der Waals surface area (Å²) in [6.07, 6.45) is 4.48. The van der Waals surface area contributed by atoms with Gasteiger partial charge in [-0.25, -0.2) is 29.5 Å². The van der Waals surface area contributed by atoms with Crippen LogP contribution in [0.15, 0.2) is 109 Å². The van der Waals surface area contributed by atoms with Crippen molar-refractivity contribution < 1.29 is 38.6 Å². The first-order valence-electron chi connectivity index (χ1n) is 20.6. The highest BCUT2D eigenvalue weighted by atomic mass is 16.5. The Bertz CT molecular complexity index is 2720. The van der Waals surface area contributed by atoms with Crippen molar-refractivity contribution in [2.75, 3.05) is 30.3 Å². The van der Waals surface area contributed by atoms with E-state index in [1.165, 1.54) is 22.2 Å². The van der Waals surface area contributed by atoms with Gasteiger partial charge in [-0.15, -0.1) is 0 Å². The van der Waals surface area contributed by atoms with E-state index in [1.807, 2.05) is 62.4 Å². The van der Waals surface area contributed by atoms with E-state index in [9.17, 15) is 33.9 Å². The minimum atomic E-state index is -1.13. The Hall–Kier alpha value is -8.14. The Morgan fingerprint density at radius 2 is 1.00 bits per heavy atom. The van der Waals surface area contributed by atoms with E-state index in [2.05, 4.69) is 30.6 Å². The van der Waals surface area contributed by atoms with Gasteiger partial charge in [0.05, 0.1) is 28.9 Å². The van der Waals surface area contributed by atoms with Gasteiger partial charge in [-0.2, -0.15) is 0 Å². The maximum Gasteiger partial charge on any atom is 0.343 e. The summed E-state index contributed by atoms with van der Waals surface area (Å²) in [6.45, 7) is 6.38. The fourth-order valence-electron chi connectivity index (χ4n) is 7.18. The van der Waals surface area contributed by atoms with Gasteiger partial charge in [-0.3, -0.25) is 29.0 Å². The molecule has 8 rings (SSSR count). The molecule has 2 aliphatic rings. The van der Waals surface area contributed by atoms with Gasteiger partial charge in [-0.05, 0) is 93.3 Å². The number of hydrogen-bond donors (Lipinski definition) is 3. The molecule has 2 aromatic heterocycles. The fourth-order valence-corrected chi connectivity index (χ4v) is 7.18. The van der Waals surface area contributed by atoms with E-state index in [-0.39, 0.29) is 60.3 Å². The number of carbonyl (C=O) groups is 6. The second kappa shape index (κ2) is 19.7. The second-order valence-corrected chi connectivity index (χ2v) is 14.9. The number of aryl methyl sites for hydroxylation is 4. The Balaban J connectivity index is 0.000000192. The van der Waals surface area contributed by atoms with Crippen molar-refractivity contribution in [3.63, 3.8) is 0 Å². The number of hydrogen-bond acceptors (Lipinski definition) is 13.